The highest BCUT2D eigenvalue weighted by Gasteiger charge is 2.14. The van der Waals surface area contributed by atoms with Crippen LogP contribution in [0.5, 0.6) is 0 Å². The van der Waals surface area contributed by atoms with Gasteiger partial charge in [-0.2, -0.15) is 0 Å². The molecule has 0 aliphatic carbocycles. The predicted molar refractivity (Wildman–Crippen MR) is 76.1 cm³/mol. The minimum absolute atomic E-state index is 0.173. The second-order valence-electron chi connectivity index (χ2n) is 4.64. The summed E-state index contributed by atoms with van der Waals surface area (Å²) in [6.45, 7) is 2.08. The molecule has 0 amide bonds. The Kier molecular flexibility index (Phi) is 3.13. The van der Waals surface area contributed by atoms with Crippen molar-refractivity contribution in [3.05, 3.63) is 27.1 Å². The molecule has 3 rings (SSSR count). The van der Waals surface area contributed by atoms with Gasteiger partial charge in [0.25, 0.3) is 0 Å². The Morgan fingerprint density at radius 3 is 2.78 bits per heavy atom. The van der Waals surface area contributed by atoms with E-state index in [1.165, 1.54) is 12.8 Å². The molecule has 1 aromatic carbocycles. The summed E-state index contributed by atoms with van der Waals surface area (Å²) in [5.74, 6) is 0. The molecule has 2 heterocycles. The van der Waals surface area contributed by atoms with Crippen LogP contribution in [-0.4, -0.2) is 29.1 Å². The van der Waals surface area contributed by atoms with Gasteiger partial charge in [-0.05, 0) is 47.4 Å². The van der Waals surface area contributed by atoms with Crippen molar-refractivity contribution in [3.63, 3.8) is 0 Å². The zero-order valence-corrected chi connectivity index (χ0v) is 11.4. The van der Waals surface area contributed by atoms with Crippen LogP contribution in [0.1, 0.15) is 12.8 Å². The van der Waals surface area contributed by atoms with Crippen molar-refractivity contribution in [2.45, 2.75) is 18.9 Å². The van der Waals surface area contributed by atoms with E-state index in [0.717, 1.165) is 34.3 Å². The molecule has 5 nitrogen and oxygen atoms in total. The lowest BCUT2D eigenvalue weighted by Crippen LogP contribution is -2.38. The number of halogens is 1. The second-order valence-corrected chi connectivity index (χ2v) is 5.50. The van der Waals surface area contributed by atoms with E-state index in [1.807, 2.05) is 12.1 Å². The van der Waals surface area contributed by atoms with Crippen molar-refractivity contribution in [1.29, 1.82) is 0 Å². The number of nitrogens with one attached hydrogen (secondary N) is 4. The third kappa shape index (κ3) is 2.30. The van der Waals surface area contributed by atoms with E-state index >= 15 is 0 Å². The molecule has 96 valence electrons. The Balaban J connectivity index is 1.90. The van der Waals surface area contributed by atoms with Crippen LogP contribution in [0, 0.1) is 0 Å². The van der Waals surface area contributed by atoms with Gasteiger partial charge in [-0.25, -0.2) is 4.79 Å². The maximum atomic E-state index is 11.2. The molecule has 1 atom stereocenters. The number of H-pyrrole nitrogens is 2. The molecule has 2 aromatic rings. The van der Waals surface area contributed by atoms with E-state index in [-0.39, 0.29) is 5.69 Å². The van der Waals surface area contributed by atoms with Gasteiger partial charge in [0.2, 0.25) is 0 Å². The summed E-state index contributed by atoms with van der Waals surface area (Å²) >= 11 is 3.53. The van der Waals surface area contributed by atoms with E-state index < -0.39 is 0 Å². The normalized spacial score (nSPS) is 20.2. The van der Waals surface area contributed by atoms with Crippen LogP contribution in [0.15, 0.2) is 21.4 Å². The summed E-state index contributed by atoms with van der Waals surface area (Å²) in [5.41, 5.74) is 2.49. The molecule has 4 N–H and O–H groups in total. The fourth-order valence-electron chi connectivity index (χ4n) is 2.36. The first-order valence-electron chi connectivity index (χ1n) is 6.11. The zero-order chi connectivity index (χ0) is 12.5. The van der Waals surface area contributed by atoms with Gasteiger partial charge in [-0.1, -0.05) is 0 Å². The first-order chi connectivity index (χ1) is 8.72. The van der Waals surface area contributed by atoms with Crippen LogP contribution in [-0.2, 0) is 0 Å². The number of aromatic nitrogens is 2. The van der Waals surface area contributed by atoms with Gasteiger partial charge in [0.1, 0.15) is 0 Å². The molecular formula is C12H15BrN4O. The van der Waals surface area contributed by atoms with Crippen molar-refractivity contribution < 1.29 is 0 Å². The smallest absolute Gasteiger partial charge is 0.323 e. The van der Waals surface area contributed by atoms with Gasteiger partial charge in [-0.15, -0.1) is 0 Å². The van der Waals surface area contributed by atoms with Crippen molar-refractivity contribution >= 4 is 32.7 Å². The van der Waals surface area contributed by atoms with Gasteiger partial charge in [0, 0.05) is 17.1 Å². The summed E-state index contributed by atoms with van der Waals surface area (Å²) in [4.78, 5) is 16.8. The maximum Gasteiger partial charge on any atom is 0.323 e. The van der Waals surface area contributed by atoms with Crippen LogP contribution < -0.4 is 16.3 Å². The van der Waals surface area contributed by atoms with Crippen LogP contribution in [0.25, 0.3) is 11.0 Å². The summed E-state index contributed by atoms with van der Waals surface area (Å²) in [6, 6.07) is 4.33. The summed E-state index contributed by atoms with van der Waals surface area (Å²) in [5, 5.41) is 6.88. The van der Waals surface area contributed by atoms with Crippen LogP contribution >= 0.6 is 15.9 Å². The second kappa shape index (κ2) is 4.78. The number of hydrogen-bond donors (Lipinski definition) is 4. The third-order valence-electron chi connectivity index (χ3n) is 3.26. The first kappa shape index (κ1) is 11.8. The topological polar surface area (TPSA) is 72.7 Å². The molecular weight excluding hydrogens is 296 g/mol. The molecule has 1 saturated heterocycles. The molecule has 6 heteroatoms. The van der Waals surface area contributed by atoms with Gasteiger partial charge < -0.3 is 20.6 Å². The van der Waals surface area contributed by atoms with Crippen molar-refractivity contribution in [2.24, 2.45) is 0 Å². The standard InChI is InChI=1S/C12H15BrN4O/c13-8-4-10-11(17-12(18)16-10)5-9(8)15-7-2-1-3-14-6-7/h4-5,7,14-15H,1-3,6H2,(H2,16,17,18). The number of rotatable bonds is 2. The van der Waals surface area contributed by atoms with Crippen molar-refractivity contribution in [2.75, 3.05) is 18.4 Å². The highest BCUT2D eigenvalue weighted by Crippen LogP contribution is 2.27. The van der Waals surface area contributed by atoms with Crippen LogP contribution in [0.4, 0.5) is 5.69 Å². The minimum Gasteiger partial charge on any atom is -0.380 e. The molecule has 18 heavy (non-hydrogen) atoms. The van der Waals surface area contributed by atoms with E-state index in [1.54, 1.807) is 0 Å². The van der Waals surface area contributed by atoms with Gasteiger partial charge >= 0.3 is 5.69 Å². The number of anilines is 1. The summed E-state index contributed by atoms with van der Waals surface area (Å²) < 4.78 is 0.968. The fraction of sp³-hybridized carbons (Fsp3) is 0.417. The highest BCUT2D eigenvalue weighted by molar-refractivity contribution is 9.10. The number of fused-ring (bicyclic) bond motifs is 1. The SMILES string of the molecule is O=c1[nH]c2cc(Br)c(NC3CCCNC3)cc2[nH]1. The average Bonchev–Trinajstić information content (AvgIpc) is 2.70. The Morgan fingerprint density at radius 2 is 2.06 bits per heavy atom. The minimum atomic E-state index is -0.173. The lowest BCUT2D eigenvalue weighted by atomic mass is 10.1. The summed E-state index contributed by atoms with van der Waals surface area (Å²) in [7, 11) is 0. The Labute approximate surface area is 112 Å². The predicted octanol–water partition coefficient (Wildman–Crippen LogP) is 1.78. The summed E-state index contributed by atoms with van der Waals surface area (Å²) in [6.07, 6.45) is 2.36. The number of aromatic amines is 2. The lowest BCUT2D eigenvalue weighted by Gasteiger charge is -2.25. The Bertz CT molecular complexity index is 612. The molecule has 1 aromatic heterocycles. The van der Waals surface area contributed by atoms with Gasteiger partial charge in [-0.3, -0.25) is 0 Å². The Morgan fingerprint density at radius 1 is 1.28 bits per heavy atom. The van der Waals surface area contributed by atoms with Crippen molar-refractivity contribution in [3.8, 4) is 0 Å². The molecule has 1 unspecified atom stereocenters. The average molecular weight is 311 g/mol. The molecule has 1 aliphatic heterocycles. The number of benzene rings is 1. The van der Waals surface area contributed by atoms with Crippen LogP contribution in [0.3, 0.4) is 0 Å². The number of piperidine rings is 1. The van der Waals surface area contributed by atoms with E-state index in [4.69, 9.17) is 0 Å². The lowest BCUT2D eigenvalue weighted by molar-refractivity contribution is 0.480. The molecule has 0 bridgehead atoms. The first-order valence-corrected chi connectivity index (χ1v) is 6.90. The Hall–Kier alpha value is -1.27. The quantitative estimate of drug-likeness (QED) is 0.683. The van der Waals surface area contributed by atoms with Gasteiger partial charge in [0.05, 0.1) is 16.7 Å². The largest absolute Gasteiger partial charge is 0.380 e. The molecule has 0 radical (unpaired) electrons. The van der Waals surface area contributed by atoms with Crippen molar-refractivity contribution in [1.82, 2.24) is 15.3 Å². The molecule has 0 spiro atoms. The molecule has 1 aliphatic rings. The maximum absolute atomic E-state index is 11.2. The highest BCUT2D eigenvalue weighted by atomic mass is 79.9. The zero-order valence-electron chi connectivity index (χ0n) is 9.85. The van der Waals surface area contributed by atoms with E-state index in [2.05, 4.69) is 36.5 Å². The van der Waals surface area contributed by atoms with Gasteiger partial charge in [0.15, 0.2) is 0 Å². The number of imidazole rings is 1. The van der Waals surface area contributed by atoms with Crippen LogP contribution in [0.2, 0.25) is 0 Å². The molecule has 1 fully saturated rings. The third-order valence-corrected chi connectivity index (χ3v) is 3.92. The monoisotopic (exact) mass is 310 g/mol. The molecule has 0 saturated carbocycles. The van der Waals surface area contributed by atoms with E-state index in [0.29, 0.717) is 6.04 Å². The number of hydrogen-bond acceptors (Lipinski definition) is 3. The van der Waals surface area contributed by atoms with E-state index in [9.17, 15) is 4.79 Å². The fourth-order valence-corrected chi connectivity index (χ4v) is 2.82.